The highest BCUT2D eigenvalue weighted by Gasteiger charge is 2.09. The van der Waals surface area contributed by atoms with E-state index in [1.807, 2.05) is 6.92 Å². The summed E-state index contributed by atoms with van der Waals surface area (Å²) in [7, 11) is 0. The first-order valence-electron chi connectivity index (χ1n) is 5.33. The zero-order valence-electron chi connectivity index (χ0n) is 9.63. The Hall–Kier alpha value is -0.870. The van der Waals surface area contributed by atoms with Crippen molar-refractivity contribution >= 4 is 33.0 Å². The van der Waals surface area contributed by atoms with E-state index in [-0.39, 0.29) is 11.9 Å². The van der Waals surface area contributed by atoms with Crippen LogP contribution in [-0.4, -0.2) is 0 Å². The summed E-state index contributed by atoms with van der Waals surface area (Å²) in [5, 5.41) is 5.45. The Labute approximate surface area is 113 Å². The molecule has 0 aliphatic carbocycles. The standard InChI is InChI=1S/C13H13BrFNS/c1-8-5-11(15)3-4-12(8)16-9(2)13-6-10(14)7-17-13/h3-7,9,16H,1-2H3. The monoisotopic (exact) mass is 313 g/mol. The Bertz CT molecular complexity index is 524. The summed E-state index contributed by atoms with van der Waals surface area (Å²) in [4.78, 5) is 1.25. The van der Waals surface area contributed by atoms with Gasteiger partial charge in [0.1, 0.15) is 5.82 Å². The maximum Gasteiger partial charge on any atom is 0.123 e. The number of hydrogen-bond acceptors (Lipinski definition) is 2. The first kappa shape index (κ1) is 12.6. The van der Waals surface area contributed by atoms with Gasteiger partial charge < -0.3 is 5.32 Å². The van der Waals surface area contributed by atoms with Crippen molar-refractivity contribution in [2.45, 2.75) is 19.9 Å². The Balaban J connectivity index is 2.15. The Kier molecular flexibility index (Phi) is 3.84. The van der Waals surface area contributed by atoms with Gasteiger partial charge in [-0.2, -0.15) is 0 Å². The molecule has 0 spiro atoms. The number of halogens is 2. The van der Waals surface area contributed by atoms with Crippen LogP contribution >= 0.6 is 27.3 Å². The van der Waals surface area contributed by atoms with Gasteiger partial charge in [-0.15, -0.1) is 11.3 Å². The van der Waals surface area contributed by atoms with Gasteiger partial charge in [0.25, 0.3) is 0 Å². The van der Waals surface area contributed by atoms with Crippen LogP contribution in [0.4, 0.5) is 10.1 Å². The second-order valence-electron chi connectivity index (χ2n) is 3.99. The minimum Gasteiger partial charge on any atom is -0.377 e. The molecule has 0 saturated carbocycles. The SMILES string of the molecule is Cc1cc(F)ccc1NC(C)c1cc(Br)cs1. The Morgan fingerprint density at radius 2 is 2.12 bits per heavy atom. The number of anilines is 1. The molecule has 0 aliphatic heterocycles. The first-order chi connectivity index (χ1) is 8.06. The fourth-order valence-electron chi connectivity index (χ4n) is 1.65. The number of aryl methyl sites for hydroxylation is 1. The fraction of sp³-hybridized carbons (Fsp3) is 0.231. The fourth-order valence-corrected chi connectivity index (χ4v) is 3.10. The molecular weight excluding hydrogens is 301 g/mol. The molecule has 0 aliphatic rings. The van der Waals surface area contributed by atoms with Crippen LogP contribution in [0.3, 0.4) is 0 Å². The molecule has 0 amide bonds. The van der Waals surface area contributed by atoms with E-state index in [1.54, 1.807) is 23.5 Å². The predicted octanol–water partition coefficient (Wildman–Crippen LogP) is 5.13. The second-order valence-corrected chi connectivity index (χ2v) is 5.85. The number of benzene rings is 1. The van der Waals surface area contributed by atoms with Gasteiger partial charge in [0.2, 0.25) is 0 Å². The van der Waals surface area contributed by atoms with E-state index >= 15 is 0 Å². The van der Waals surface area contributed by atoms with E-state index in [2.05, 4.69) is 39.6 Å². The molecular formula is C13H13BrFNS. The van der Waals surface area contributed by atoms with Crippen LogP contribution < -0.4 is 5.32 Å². The highest BCUT2D eigenvalue weighted by molar-refractivity contribution is 9.10. The summed E-state index contributed by atoms with van der Waals surface area (Å²) < 4.78 is 14.1. The maximum absolute atomic E-state index is 13.0. The van der Waals surface area contributed by atoms with Gasteiger partial charge >= 0.3 is 0 Å². The van der Waals surface area contributed by atoms with E-state index in [0.29, 0.717) is 0 Å². The van der Waals surface area contributed by atoms with Crippen LogP contribution in [0.15, 0.2) is 34.1 Å². The van der Waals surface area contributed by atoms with Crippen molar-refractivity contribution in [3.8, 4) is 0 Å². The van der Waals surface area contributed by atoms with Crippen molar-refractivity contribution in [2.75, 3.05) is 5.32 Å². The van der Waals surface area contributed by atoms with Crippen LogP contribution in [0.1, 0.15) is 23.4 Å². The second kappa shape index (κ2) is 5.19. The lowest BCUT2D eigenvalue weighted by molar-refractivity contribution is 0.626. The number of rotatable bonds is 3. The highest BCUT2D eigenvalue weighted by atomic mass is 79.9. The smallest absolute Gasteiger partial charge is 0.123 e. The minimum absolute atomic E-state index is 0.195. The number of thiophene rings is 1. The molecule has 0 fully saturated rings. The summed E-state index contributed by atoms with van der Waals surface area (Å²) >= 11 is 5.15. The lowest BCUT2D eigenvalue weighted by atomic mass is 10.1. The molecule has 1 unspecified atom stereocenters. The molecule has 90 valence electrons. The third-order valence-electron chi connectivity index (χ3n) is 2.57. The molecule has 1 aromatic heterocycles. The molecule has 17 heavy (non-hydrogen) atoms. The number of nitrogens with one attached hydrogen (secondary N) is 1. The van der Waals surface area contributed by atoms with Gasteiger partial charge in [0, 0.05) is 20.4 Å². The van der Waals surface area contributed by atoms with E-state index in [1.165, 1.54) is 10.9 Å². The summed E-state index contributed by atoms with van der Waals surface area (Å²) in [5.41, 5.74) is 1.90. The zero-order valence-corrected chi connectivity index (χ0v) is 12.0. The third kappa shape index (κ3) is 3.07. The molecule has 0 bridgehead atoms. The van der Waals surface area contributed by atoms with Crippen LogP contribution in [0.5, 0.6) is 0 Å². The lowest BCUT2D eigenvalue weighted by Crippen LogP contribution is -2.06. The molecule has 1 nitrogen and oxygen atoms in total. The molecule has 2 aromatic rings. The molecule has 1 atom stereocenters. The normalized spacial score (nSPS) is 12.5. The molecule has 0 radical (unpaired) electrons. The maximum atomic E-state index is 13.0. The molecule has 0 saturated heterocycles. The van der Waals surface area contributed by atoms with E-state index in [9.17, 15) is 4.39 Å². The summed E-state index contributed by atoms with van der Waals surface area (Å²) in [5.74, 6) is -0.195. The van der Waals surface area contributed by atoms with Crippen LogP contribution in [0, 0.1) is 12.7 Å². The summed E-state index contributed by atoms with van der Waals surface area (Å²) in [6.45, 7) is 4.00. The zero-order chi connectivity index (χ0) is 12.4. The summed E-state index contributed by atoms with van der Waals surface area (Å²) in [6.07, 6.45) is 0. The van der Waals surface area contributed by atoms with Gasteiger partial charge in [0.05, 0.1) is 6.04 Å². The van der Waals surface area contributed by atoms with Crippen molar-refractivity contribution in [3.63, 3.8) is 0 Å². The van der Waals surface area contributed by atoms with Gasteiger partial charge in [0.15, 0.2) is 0 Å². The van der Waals surface area contributed by atoms with Gasteiger partial charge in [-0.3, -0.25) is 0 Å². The predicted molar refractivity (Wildman–Crippen MR) is 75.2 cm³/mol. The van der Waals surface area contributed by atoms with Crippen molar-refractivity contribution in [1.29, 1.82) is 0 Å². The average molecular weight is 314 g/mol. The highest BCUT2D eigenvalue weighted by Crippen LogP contribution is 2.28. The molecule has 1 aromatic carbocycles. The van der Waals surface area contributed by atoms with Crippen LogP contribution in [-0.2, 0) is 0 Å². The molecule has 1 heterocycles. The Morgan fingerprint density at radius 3 is 2.71 bits per heavy atom. The Morgan fingerprint density at radius 1 is 1.35 bits per heavy atom. The van der Waals surface area contributed by atoms with Crippen molar-refractivity contribution in [2.24, 2.45) is 0 Å². The topological polar surface area (TPSA) is 12.0 Å². The van der Waals surface area contributed by atoms with Crippen LogP contribution in [0.2, 0.25) is 0 Å². The van der Waals surface area contributed by atoms with Gasteiger partial charge in [-0.1, -0.05) is 0 Å². The van der Waals surface area contributed by atoms with Crippen molar-refractivity contribution in [1.82, 2.24) is 0 Å². The average Bonchev–Trinajstić information content (AvgIpc) is 2.69. The van der Waals surface area contributed by atoms with E-state index in [0.717, 1.165) is 15.7 Å². The molecule has 1 N–H and O–H groups in total. The van der Waals surface area contributed by atoms with E-state index in [4.69, 9.17) is 0 Å². The minimum atomic E-state index is -0.195. The van der Waals surface area contributed by atoms with E-state index < -0.39 is 0 Å². The quantitative estimate of drug-likeness (QED) is 0.828. The molecule has 2 rings (SSSR count). The van der Waals surface area contributed by atoms with Gasteiger partial charge in [-0.05, 0) is 59.6 Å². The van der Waals surface area contributed by atoms with Crippen molar-refractivity contribution in [3.05, 3.63) is 50.4 Å². The van der Waals surface area contributed by atoms with Crippen molar-refractivity contribution < 1.29 is 4.39 Å². The van der Waals surface area contributed by atoms with Crippen LogP contribution in [0.25, 0.3) is 0 Å². The first-order valence-corrected chi connectivity index (χ1v) is 7.00. The summed E-state index contributed by atoms with van der Waals surface area (Å²) in [6, 6.07) is 7.12. The lowest BCUT2D eigenvalue weighted by Gasteiger charge is -2.15. The number of hydrogen-bond donors (Lipinski definition) is 1. The third-order valence-corrected chi connectivity index (χ3v) is 4.45. The molecule has 4 heteroatoms. The van der Waals surface area contributed by atoms with Gasteiger partial charge in [-0.25, -0.2) is 4.39 Å². The largest absolute Gasteiger partial charge is 0.377 e.